The molecule has 1 rings (SSSR count). The fourth-order valence-corrected chi connectivity index (χ4v) is 0.873. The average Bonchev–Trinajstić information content (AvgIpc) is 1.98. The molecule has 0 fully saturated rings. The molecule has 1 aliphatic heterocycles. The average molecular weight is 156 g/mol. The topological polar surface area (TPSA) is 38.7 Å². The summed E-state index contributed by atoms with van der Waals surface area (Å²) in [7, 11) is 0. The van der Waals surface area contributed by atoms with Gasteiger partial charge in [0.2, 0.25) is 0 Å². The fraction of sp³-hybridized carbons (Fsp3) is 0.500. The first-order valence-corrected chi connectivity index (χ1v) is 3.53. The zero-order valence-electron chi connectivity index (χ0n) is 6.59. The number of aliphatic hydroxyl groups is 1. The molecule has 1 aliphatic rings. The third kappa shape index (κ3) is 1.98. The van der Waals surface area contributed by atoms with E-state index in [1.54, 1.807) is 0 Å². The molecule has 0 aromatic carbocycles. The van der Waals surface area contributed by atoms with Crippen LogP contribution < -0.4 is 0 Å². The van der Waals surface area contributed by atoms with E-state index in [0.29, 0.717) is 24.5 Å². The van der Waals surface area contributed by atoms with E-state index in [2.05, 4.69) is 6.58 Å². The lowest BCUT2D eigenvalue weighted by Crippen LogP contribution is -2.10. The third-order valence-corrected chi connectivity index (χ3v) is 1.45. The first-order valence-electron chi connectivity index (χ1n) is 3.53. The largest absolute Gasteiger partial charge is 0.487 e. The Morgan fingerprint density at radius 2 is 2.36 bits per heavy atom. The van der Waals surface area contributed by atoms with Gasteiger partial charge in [0.1, 0.15) is 23.9 Å². The predicted molar refractivity (Wildman–Crippen MR) is 40.6 cm³/mol. The van der Waals surface area contributed by atoms with E-state index in [0.717, 1.165) is 5.76 Å². The van der Waals surface area contributed by atoms with E-state index in [1.165, 1.54) is 0 Å². The van der Waals surface area contributed by atoms with Crippen molar-refractivity contribution in [2.75, 3.05) is 13.2 Å². The molecule has 1 N–H and O–H groups in total. The van der Waals surface area contributed by atoms with Crippen LogP contribution in [-0.4, -0.2) is 18.3 Å². The van der Waals surface area contributed by atoms with Gasteiger partial charge in [-0.1, -0.05) is 6.58 Å². The van der Waals surface area contributed by atoms with Gasteiger partial charge in [0, 0.05) is 6.42 Å². The molecule has 0 aromatic heterocycles. The zero-order valence-corrected chi connectivity index (χ0v) is 6.59. The van der Waals surface area contributed by atoms with Crippen LogP contribution in [0.15, 0.2) is 23.9 Å². The third-order valence-electron chi connectivity index (χ3n) is 1.45. The summed E-state index contributed by atoms with van der Waals surface area (Å²) >= 11 is 0. The van der Waals surface area contributed by atoms with Gasteiger partial charge < -0.3 is 14.6 Å². The minimum atomic E-state index is 0.0727. The van der Waals surface area contributed by atoms with Gasteiger partial charge in [-0.25, -0.2) is 0 Å². The summed E-state index contributed by atoms with van der Waals surface area (Å²) in [6, 6.07) is 0. The lowest BCUT2D eigenvalue weighted by atomic mass is 10.3. The summed E-state index contributed by atoms with van der Waals surface area (Å²) in [5.74, 6) is 2.02. The SMILES string of the molecule is C=C1COC(C)=C(CCO)O1. The number of allylic oxidation sites excluding steroid dienone is 1. The van der Waals surface area contributed by atoms with Crippen LogP contribution in [-0.2, 0) is 9.47 Å². The van der Waals surface area contributed by atoms with E-state index >= 15 is 0 Å². The van der Waals surface area contributed by atoms with Crippen molar-refractivity contribution in [2.45, 2.75) is 13.3 Å². The first kappa shape index (κ1) is 8.14. The normalized spacial score (nSPS) is 17.8. The van der Waals surface area contributed by atoms with Crippen molar-refractivity contribution in [2.24, 2.45) is 0 Å². The molecule has 0 aromatic rings. The Morgan fingerprint density at radius 1 is 1.64 bits per heavy atom. The number of ether oxygens (including phenoxy) is 2. The molecule has 3 heteroatoms. The van der Waals surface area contributed by atoms with Gasteiger partial charge >= 0.3 is 0 Å². The van der Waals surface area contributed by atoms with E-state index in [4.69, 9.17) is 14.6 Å². The molecule has 0 saturated heterocycles. The lowest BCUT2D eigenvalue weighted by Gasteiger charge is -2.20. The number of hydrogen-bond donors (Lipinski definition) is 1. The van der Waals surface area contributed by atoms with Crippen LogP contribution >= 0.6 is 0 Å². The molecule has 0 aliphatic carbocycles. The van der Waals surface area contributed by atoms with E-state index in [9.17, 15) is 0 Å². The maximum absolute atomic E-state index is 8.62. The molecule has 62 valence electrons. The first-order chi connectivity index (χ1) is 5.24. The van der Waals surface area contributed by atoms with Crippen molar-refractivity contribution in [1.29, 1.82) is 0 Å². The highest BCUT2D eigenvalue weighted by Gasteiger charge is 2.13. The molecule has 3 nitrogen and oxygen atoms in total. The summed E-state index contributed by atoms with van der Waals surface area (Å²) in [4.78, 5) is 0. The Morgan fingerprint density at radius 3 is 3.00 bits per heavy atom. The smallest absolute Gasteiger partial charge is 0.145 e. The van der Waals surface area contributed by atoms with Crippen LogP contribution in [0.4, 0.5) is 0 Å². The van der Waals surface area contributed by atoms with Gasteiger partial charge in [-0.2, -0.15) is 0 Å². The van der Waals surface area contributed by atoms with Crippen LogP contribution in [0.1, 0.15) is 13.3 Å². The Kier molecular flexibility index (Phi) is 2.54. The standard InChI is InChI=1S/C8H12O3/c1-6-5-10-7(2)8(11-6)3-4-9/h9H,1,3-5H2,2H3. The highest BCUT2D eigenvalue weighted by Crippen LogP contribution is 2.20. The molecule has 11 heavy (non-hydrogen) atoms. The lowest BCUT2D eigenvalue weighted by molar-refractivity contribution is 0.107. The van der Waals surface area contributed by atoms with Crippen molar-refractivity contribution >= 4 is 0 Å². The summed E-state index contributed by atoms with van der Waals surface area (Å²) in [6.45, 7) is 5.93. The zero-order chi connectivity index (χ0) is 8.27. The maximum Gasteiger partial charge on any atom is 0.145 e. The summed E-state index contributed by atoms with van der Waals surface area (Å²) in [6.07, 6.45) is 0.491. The van der Waals surface area contributed by atoms with Crippen molar-refractivity contribution in [1.82, 2.24) is 0 Å². The molecule has 0 saturated carbocycles. The number of rotatable bonds is 2. The predicted octanol–water partition coefficient (Wildman–Crippen LogP) is 1.16. The van der Waals surface area contributed by atoms with Gasteiger partial charge in [-0.3, -0.25) is 0 Å². The maximum atomic E-state index is 8.62. The Bertz CT molecular complexity index is 194. The Labute approximate surface area is 65.9 Å². The van der Waals surface area contributed by atoms with Crippen LogP contribution in [0.3, 0.4) is 0 Å². The molecular weight excluding hydrogens is 144 g/mol. The highest BCUT2D eigenvalue weighted by atomic mass is 16.6. The Hall–Kier alpha value is -0.960. The molecule has 0 unspecified atom stereocenters. The Balaban J connectivity index is 2.63. The second-order valence-corrected chi connectivity index (χ2v) is 2.38. The van der Waals surface area contributed by atoms with Crippen LogP contribution in [0.5, 0.6) is 0 Å². The molecule has 1 heterocycles. The fourth-order valence-electron chi connectivity index (χ4n) is 0.873. The van der Waals surface area contributed by atoms with E-state index in [1.807, 2.05) is 6.92 Å². The quantitative estimate of drug-likeness (QED) is 0.652. The van der Waals surface area contributed by atoms with Crippen molar-refractivity contribution < 1.29 is 14.6 Å². The number of hydrogen-bond acceptors (Lipinski definition) is 3. The minimum Gasteiger partial charge on any atom is -0.487 e. The second-order valence-electron chi connectivity index (χ2n) is 2.38. The van der Waals surface area contributed by atoms with Crippen LogP contribution in [0.25, 0.3) is 0 Å². The molecule has 0 bridgehead atoms. The van der Waals surface area contributed by atoms with Crippen molar-refractivity contribution in [3.05, 3.63) is 23.9 Å². The van der Waals surface area contributed by atoms with Gasteiger partial charge in [0.15, 0.2) is 0 Å². The molecule has 0 amide bonds. The van der Waals surface area contributed by atoms with Crippen molar-refractivity contribution in [3.8, 4) is 0 Å². The van der Waals surface area contributed by atoms with Gasteiger partial charge in [-0.05, 0) is 6.92 Å². The monoisotopic (exact) mass is 156 g/mol. The summed E-state index contributed by atoms with van der Waals surface area (Å²) in [5, 5.41) is 8.62. The van der Waals surface area contributed by atoms with E-state index in [-0.39, 0.29) is 6.61 Å². The van der Waals surface area contributed by atoms with Gasteiger partial charge in [-0.15, -0.1) is 0 Å². The van der Waals surface area contributed by atoms with Crippen molar-refractivity contribution in [3.63, 3.8) is 0 Å². The minimum absolute atomic E-state index is 0.0727. The van der Waals surface area contributed by atoms with Gasteiger partial charge in [0.25, 0.3) is 0 Å². The summed E-state index contributed by atoms with van der Waals surface area (Å²) in [5.41, 5.74) is 0. The molecular formula is C8H12O3. The molecule has 0 atom stereocenters. The molecule has 0 radical (unpaired) electrons. The summed E-state index contributed by atoms with van der Waals surface area (Å²) < 4.78 is 10.4. The van der Waals surface area contributed by atoms with Crippen LogP contribution in [0, 0.1) is 0 Å². The molecule has 0 spiro atoms. The highest BCUT2D eigenvalue weighted by molar-refractivity contribution is 5.07. The van der Waals surface area contributed by atoms with E-state index < -0.39 is 0 Å². The number of aliphatic hydroxyl groups excluding tert-OH is 1. The van der Waals surface area contributed by atoms with Crippen LogP contribution in [0.2, 0.25) is 0 Å². The second kappa shape index (κ2) is 3.44. The van der Waals surface area contributed by atoms with Gasteiger partial charge in [0.05, 0.1) is 6.61 Å².